The van der Waals surface area contributed by atoms with Gasteiger partial charge in [-0.05, 0) is 26.0 Å². The summed E-state index contributed by atoms with van der Waals surface area (Å²) in [5.41, 5.74) is 4.46. The van der Waals surface area contributed by atoms with Crippen molar-refractivity contribution in [1.82, 2.24) is 14.5 Å². The van der Waals surface area contributed by atoms with Crippen molar-refractivity contribution in [2.75, 3.05) is 0 Å². The molecule has 1 amide bonds. The lowest BCUT2D eigenvalue weighted by atomic mass is 10.1. The zero-order valence-electron chi connectivity index (χ0n) is 16.1. The molecule has 3 aromatic rings. The number of carbonyl (C=O) groups excluding carboxylic acids is 1. The molecule has 0 radical (unpaired) electrons. The molecule has 0 aliphatic carbocycles. The predicted molar refractivity (Wildman–Crippen MR) is 95.6 cm³/mol. The van der Waals surface area contributed by atoms with Crippen LogP contribution in [0.25, 0.3) is 5.65 Å². The summed E-state index contributed by atoms with van der Waals surface area (Å²) < 4.78 is 43.8. The third-order valence-electron chi connectivity index (χ3n) is 5.70. The molecule has 1 aliphatic heterocycles. The minimum atomic E-state index is -4.58. The molecule has 0 atom stereocenters. The van der Waals surface area contributed by atoms with E-state index in [0.29, 0.717) is 0 Å². The summed E-state index contributed by atoms with van der Waals surface area (Å²) >= 11 is 0. The second kappa shape index (κ2) is 6.05. The van der Waals surface area contributed by atoms with Gasteiger partial charge in [0.05, 0.1) is 36.8 Å². The molecule has 146 valence electrons. The standard InChI is InChI=1S/C20H20F3N4O/c1-11-12(2)25(4)18-15-9-26(10-17(15)24-27(18)13(11)3)19(28)14-7-5-6-8-16(14)20(21,22)23/h5-8H,9-10H2,1-4H3/q+1. The molecule has 0 saturated heterocycles. The van der Waals surface area contributed by atoms with E-state index < -0.39 is 17.6 Å². The van der Waals surface area contributed by atoms with E-state index >= 15 is 0 Å². The number of carbonyl (C=O) groups is 1. The zero-order valence-corrected chi connectivity index (χ0v) is 16.1. The van der Waals surface area contributed by atoms with Gasteiger partial charge in [-0.1, -0.05) is 17.2 Å². The van der Waals surface area contributed by atoms with Crippen LogP contribution in [0.1, 0.15) is 44.1 Å². The Balaban J connectivity index is 1.75. The van der Waals surface area contributed by atoms with Gasteiger partial charge in [0.1, 0.15) is 17.1 Å². The van der Waals surface area contributed by atoms with Gasteiger partial charge in [-0.25, -0.2) is 4.57 Å². The van der Waals surface area contributed by atoms with Gasteiger partial charge < -0.3 is 4.90 Å². The number of halogens is 3. The number of nitrogens with zero attached hydrogens (tertiary/aromatic N) is 4. The summed E-state index contributed by atoms with van der Waals surface area (Å²) in [5.74, 6) is -0.632. The van der Waals surface area contributed by atoms with E-state index in [0.717, 1.165) is 39.9 Å². The lowest BCUT2D eigenvalue weighted by Gasteiger charge is -2.19. The van der Waals surface area contributed by atoms with Crippen molar-refractivity contribution in [3.63, 3.8) is 0 Å². The molecule has 5 nitrogen and oxygen atoms in total. The summed E-state index contributed by atoms with van der Waals surface area (Å²) in [7, 11) is 1.93. The first-order valence-electron chi connectivity index (χ1n) is 8.93. The van der Waals surface area contributed by atoms with Crippen LogP contribution in [-0.2, 0) is 26.3 Å². The molecule has 0 bridgehead atoms. The maximum atomic E-state index is 13.3. The van der Waals surface area contributed by atoms with E-state index in [9.17, 15) is 18.0 Å². The molecule has 1 aromatic carbocycles. The highest BCUT2D eigenvalue weighted by Crippen LogP contribution is 2.34. The molecule has 0 N–H and O–H groups in total. The van der Waals surface area contributed by atoms with Crippen LogP contribution >= 0.6 is 0 Å². The van der Waals surface area contributed by atoms with Gasteiger partial charge in [0, 0.05) is 12.5 Å². The van der Waals surface area contributed by atoms with Crippen LogP contribution in [0.3, 0.4) is 0 Å². The van der Waals surface area contributed by atoms with Crippen LogP contribution in [0, 0.1) is 20.8 Å². The maximum Gasteiger partial charge on any atom is 0.417 e. The Hall–Kier alpha value is -2.90. The Bertz CT molecular complexity index is 1130. The van der Waals surface area contributed by atoms with Crippen molar-refractivity contribution < 1.29 is 22.5 Å². The molecule has 0 unspecified atom stereocenters. The molecule has 0 saturated carbocycles. The third-order valence-corrected chi connectivity index (χ3v) is 5.70. The topological polar surface area (TPSA) is 41.5 Å². The first-order valence-corrected chi connectivity index (χ1v) is 8.93. The number of amides is 1. The smallest absolute Gasteiger partial charge is 0.328 e. The third kappa shape index (κ3) is 2.58. The number of benzene rings is 1. The molecular weight excluding hydrogens is 369 g/mol. The average molecular weight is 389 g/mol. The van der Waals surface area contributed by atoms with Crippen LogP contribution in [0.15, 0.2) is 24.3 Å². The SMILES string of the molecule is Cc1c(C)n2nc3c(c2[n+](C)c1C)CN(C(=O)c1ccccc1C(F)(F)F)C3. The molecule has 0 fully saturated rings. The maximum absolute atomic E-state index is 13.3. The van der Waals surface area contributed by atoms with Crippen LogP contribution in [0.2, 0.25) is 0 Å². The van der Waals surface area contributed by atoms with Crippen LogP contribution in [-0.4, -0.2) is 20.4 Å². The van der Waals surface area contributed by atoms with Crippen molar-refractivity contribution in [2.45, 2.75) is 40.0 Å². The number of aryl methyl sites for hydroxylation is 2. The number of fused-ring (bicyclic) bond motifs is 3. The van der Waals surface area contributed by atoms with E-state index in [2.05, 4.69) is 5.10 Å². The van der Waals surface area contributed by atoms with Gasteiger partial charge in [0.15, 0.2) is 0 Å². The van der Waals surface area contributed by atoms with Crippen molar-refractivity contribution in [3.05, 3.63) is 63.6 Å². The molecule has 1 aliphatic rings. The highest BCUT2D eigenvalue weighted by atomic mass is 19.4. The minimum Gasteiger partial charge on any atom is -0.328 e. The fraction of sp³-hybridized carbons (Fsp3) is 0.350. The van der Waals surface area contributed by atoms with Crippen LogP contribution in [0.5, 0.6) is 0 Å². The van der Waals surface area contributed by atoms with Crippen molar-refractivity contribution >= 4 is 11.6 Å². The van der Waals surface area contributed by atoms with Gasteiger partial charge >= 0.3 is 11.8 Å². The lowest BCUT2D eigenvalue weighted by Crippen LogP contribution is -2.37. The highest BCUT2D eigenvalue weighted by molar-refractivity contribution is 5.96. The van der Waals surface area contributed by atoms with Crippen molar-refractivity contribution in [3.8, 4) is 0 Å². The van der Waals surface area contributed by atoms with Gasteiger partial charge in [-0.15, -0.1) is 4.52 Å². The number of alkyl halides is 3. The lowest BCUT2D eigenvalue weighted by molar-refractivity contribution is -0.655. The van der Waals surface area contributed by atoms with Gasteiger partial charge in [0.25, 0.3) is 5.91 Å². The van der Waals surface area contributed by atoms with E-state index in [-0.39, 0.29) is 18.7 Å². The molecule has 3 heterocycles. The summed E-state index contributed by atoms with van der Waals surface area (Å²) in [4.78, 5) is 14.3. The van der Waals surface area contributed by atoms with Gasteiger partial charge in [-0.2, -0.15) is 13.2 Å². The van der Waals surface area contributed by atoms with Crippen LogP contribution < -0.4 is 4.57 Å². The summed E-state index contributed by atoms with van der Waals surface area (Å²) in [5, 5.41) is 4.63. The molecule has 2 aromatic heterocycles. The largest absolute Gasteiger partial charge is 0.417 e. The Morgan fingerprint density at radius 1 is 1.14 bits per heavy atom. The second-order valence-electron chi connectivity index (χ2n) is 7.22. The zero-order chi connectivity index (χ0) is 20.4. The first-order chi connectivity index (χ1) is 13.1. The van der Waals surface area contributed by atoms with Crippen molar-refractivity contribution in [2.24, 2.45) is 7.05 Å². The first kappa shape index (κ1) is 18.5. The molecule has 0 spiro atoms. The minimum absolute atomic E-state index is 0.194. The van der Waals surface area contributed by atoms with E-state index in [1.165, 1.54) is 23.1 Å². The van der Waals surface area contributed by atoms with E-state index in [4.69, 9.17) is 0 Å². The highest BCUT2D eigenvalue weighted by Gasteiger charge is 2.39. The number of hydrogen-bond acceptors (Lipinski definition) is 2. The monoisotopic (exact) mass is 389 g/mol. The Morgan fingerprint density at radius 2 is 1.82 bits per heavy atom. The summed E-state index contributed by atoms with van der Waals surface area (Å²) in [6, 6.07) is 4.91. The molecule has 4 rings (SSSR count). The number of rotatable bonds is 1. The van der Waals surface area contributed by atoms with Crippen molar-refractivity contribution in [1.29, 1.82) is 0 Å². The number of aromatic nitrogens is 3. The number of hydrogen-bond donors (Lipinski definition) is 0. The fourth-order valence-electron chi connectivity index (χ4n) is 3.84. The fourth-order valence-corrected chi connectivity index (χ4v) is 3.84. The predicted octanol–water partition coefficient (Wildman–Crippen LogP) is 3.26. The molecular formula is C20H20F3N4O+. The quantitative estimate of drug-likeness (QED) is 0.600. The summed E-state index contributed by atoms with van der Waals surface area (Å²) in [6.45, 7) is 6.46. The van der Waals surface area contributed by atoms with Gasteiger partial charge in [0.2, 0.25) is 0 Å². The Labute approximate surface area is 160 Å². The van der Waals surface area contributed by atoms with E-state index in [1.54, 1.807) is 0 Å². The molecule has 28 heavy (non-hydrogen) atoms. The van der Waals surface area contributed by atoms with E-state index in [1.807, 2.05) is 36.9 Å². The second-order valence-corrected chi connectivity index (χ2v) is 7.22. The summed E-state index contributed by atoms with van der Waals surface area (Å²) in [6.07, 6.45) is -4.58. The normalized spacial score (nSPS) is 14.0. The van der Waals surface area contributed by atoms with Crippen LogP contribution in [0.4, 0.5) is 13.2 Å². The van der Waals surface area contributed by atoms with Gasteiger partial charge in [-0.3, -0.25) is 4.79 Å². The Morgan fingerprint density at radius 3 is 2.50 bits per heavy atom. The Kier molecular flexibility index (Phi) is 3.99. The molecule has 8 heteroatoms. The average Bonchev–Trinajstić information content (AvgIpc) is 3.21.